The van der Waals surface area contributed by atoms with Gasteiger partial charge in [-0.2, -0.15) is 0 Å². The van der Waals surface area contributed by atoms with Gasteiger partial charge in [-0.25, -0.2) is 9.97 Å². The molecule has 1 rings (SSSR count). The SMILES string of the molecule is Cc1cc(CC(Cl)CC(C)C)nc(C)n1. The molecule has 15 heavy (non-hydrogen) atoms. The Bertz CT molecular complexity index is 303. The Balaban J connectivity index is 2.63. The molecule has 1 unspecified atom stereocenters. The molecule has 3 heteroatoms. The summed E-state index contributed by atoms with van der Waals surface area (Å²) >= 11 is 6.25. The van der Waals surface area contributed by atoms with Gasteiger partial charge in [0.15, 0.2) is 0 Å². The van der Waals surface area contributed by atoms with Crippen molar-refractivity contribution < 1.29 is 0 Å². The van der Waals surface area contributed by atoms with Crippen LogP contribution < -0.4 is 0 Å². The van der Waals surface area contributed by atoms with Crippen molar-refractivity contribution in [1.82, 2.24) is 9.97 Å². The molecule has 0 amide bonds. The second-order valence-electron chi connectivity index (χ2n) is 4.48. The molecule has 1 heterocycles. The first-order chi connectivity index (χ1) is 6.97. The molecule has 0 spiro atoms. The lowest BCUT2D eigenvalue weighted by molar-refractivity contribution is 0.558. The molecular weight excluding hydrogens is 208 g/mol. The number of halogens is 1. The van der Waals surface area contributed by atoms with E-state index in [0.717, 1.165) is 30.1 Å². The third-order valence-electron chi connectivity index (χ3n) is 2.18. The highest BCUT2D eigenvalue weighted by Crippen LogP contribution is 2.15. The predicted octanol–water partition coefficient (Wildman–Crippen LogP) is 3.29. The van der Waals surface area contributed by atoms with Gasteiger partial charge in [0.25, 0.3) is 0 Å². The molecule has 0 N–H and O–H groups in total. The van der Waals surface area contributed by atoms with Crippen LogP contribution in [-0.4, -0.2) is 15.3 Å². The lowest BCUT2D eigenvalue weighted by atomic mass is 10.0. The third-order valence-corrected chi connectivity index (χ3v) is 2.51. The Hall–Kier alpha value is -0.630. The van der Waals surface area contributed by atoms with Crippen molar-refractivity contribution in [3.8, 4) is 0 Å². The molecule has 0 aliphatic rings. The zero-order valence-electron chi connectivity index (χ0n) is 9.92. The van der Waals surface area contributed by atoms with E-state index in [1.807, 2.05) is 19.9 Å². The van der Waals surface area contributed by atoms with Crippen LogP contribution in [0.15, 0.2) is 6.07 Å². The van der Waals surface area contributed by atoms with Crippen LogP contribution in [0.1, 0.15) is 37.5 Å². The Morgan fingerprint density at radius 3 is 2.47 bits per heavy atom. The van der Waals surface area contributed by atoms with Gasteiger partial charge in [-0.15, -0.1) is 11.6 Å². The van der Waals surface area contributed by atoms with E-state index in [2.05, 4.69) is 23.8 Å². The number of hydrogen-bond donors (Lipinski definition) is 0. The highest BCUT2D eigenvalue weighted by molar-refractivity contribution is 6.20. The summed E-state index contributed by atoms with van der Waals surface area (Å²) in [6, 6.07) is 2.02. The van der Waals surface area contributed by atoms with Crippen molar-refractivity contribution in [3.05, 3.63) is 23.3 Å². The minimum atomic E-state index is 0.179. The Morgan fingerprint density at radius 2 is 1.93 bits per heavy atom. The van der Waals surface area contributed by atoms with Crippen LogP contribution in [0.4, 0.5) is 0 Å². The summed E-state index contributed by atoms with van der Waals surface area (Å²) in [5.41, 5.74) is 2.08. The highest BCUT2D eigenvalue weighted by atomic mass is 35.5. The van der Waals surface area contributed by atoms with Gasteiger partial charge in [0.1, 0.15) is 5.82 Å². The first-order valence-electron chi connectivity index (χ1n) is 5.42. The number of nitrogens with zero attached hydrogens (tertiary/aromatic N) is 2. The first-order valence-corrected chi connectivity index (χ1v) is 5.86. The standard InChI is InChI=1S/C12H19ClN2/c1-8(2)5-11(13)7-12-6-9(3)14-10(4)15-12/h6,8,11H,5,7H2,1-4H3. The molecule has 0 saturated carbocycles. The first kappa shape index (κ1) is 12.4. The van der Waals surface area contributed by atoms with Crippen molar-refractivity contribution >= 4 is 11.6 Å². The van der Waals surface area contributed by atoms with Crippen LogP contribution in [0.3, 0.4) is 0 Å². The van der Waals surface area contributed by atoms with E-state index in [4.69, 9.17) is 11.6 Å². The topological polar surface area (TPSA) is 25.8 Å². The van der Waals surface area contributed by atoms with E-state index in [-0.39, 0.29) is 5.38 Å². The molecule has 0 radical (unpaired) electrons. The molecule has 1 aromatic heterocycles. The molecule has 0 aliphatic heterocycles. The minimum absolute atomic E-state index is 0.179. The number of aromatic nitrogens is 2. The van der Waals surface area contributed by atoms with Gasteiger partial charge in [0.05, 0.1) is 0 Å². The molecule has 0 aliphatic carbocycles. The van der Waals surface area contributed by atoms with Crippen LogP contribution >= 0.6 is 11.6 Å². The highest BCUT2D eigenvalue weighted by Gasteiger charge is 2.10. The summed E-state index contributed by atoms with van der Waals surface area (Å²) in [5.74, 6) is 1.47. The number of rotatable bonds is 4. The molecule has 0 fully saturated rings. The van der Waals surface area contributed by atoms with Crippen molar-refractivity contribution in [2.45, 2.75) is 45.9 Å². The largest absolute Gasteiger partial charge is 0.239 e. The Labute approximate surface area is 97.1 Å². The van der Waals surface area contributed by atoms with E-state index in [1.54, 1.807) is 0 Å². The van der Waals surface area contributed by atoms with Gasteiger partial charge in [0, 0.05) is 23.2 Å². The smallest absolute Gasteiger partial charge is 0.125 e. The molecule has 1 aromatic rings. The van der Waals surface area contributed by atoms with Crippen LogP contribution in [0.25, 0.3) is 0 Å². The van der Waals surface area contributed by atoms with Gasteiger partial charge in [-0.05, 0) is 32.3 Å². The maximum Gasteiger partial charge on any atom is 0.125 e. The van der Waals surface area contributed by atoms with E-state index < -0.39 is 0 Å². The van der Waals surface area contributed by atoms with Crippen molar-refractivity contribution in [2.24, 2.45) is 5.92 Å². The summed E-state index contributed by atoms with van der Waals surface area (Å²) in [6.07, 6.45) is 1.87. The maximum absolute atomic E-state index is 6.25. The van der Waals surface area contributed by atoms with Crippen LogP contribution in [0.5, 0.6) is 0 Å². The molecule has 2 nitrogen and oxygen atoms in total. The molecule has 0 bridgehead atoms. The van der Waals surface area contributed by atoms with Crippen LogP contribution in [0, 0.1) is 19.8 Å². The maximum atomic E-state index is 6.25. The van der Waals surface area contributed by atoms with E-state index in [0.29, 0.717) is 5.92 Å². The van der Waals surface area contributed by atoms with E-state index >= 15 is 0 Å². The zero-order valence-corrected chi connectivity index (χ0v) is 10.7. The molecule has 0 saturated heterocycles. The molecule has 84 valence electrons. The number of hydrogen-bond acceptors (Lipinski definition) is 2. The second kappa shape index (κ2) is 5.45. The zero-order chi connectivity index (χ0) is 11.4. The van der Waals surface area contributed by atoms with Crippen LogP contribution in [0.2, 0.25) is 0 Å². The summed E-state index contributed by atoms with van der Waals surface area (Å²) in [4.78, 5) is 8.63. The number of alkyl halides is 1. The van der Waals surface area contributed by atoms with Gasteiger partial charge in [0.2, 0.25) is 0 Å². The normalized spacial score (nSPS) is 13.2. The quantitative estimate of drug-likeness (QED) is 0.737. The van der Waals surface area contributed by atoms with Crippen LogP contribution in [-0.2, 0) is 6.42 Å². The summed E-state index contributed by atoms with van der Waals surface area (Å²) in [6.45, 7) is 8.28. The fourth-order valence-corrected chi connectivity index (χ4v) is 2.23. The summed E-state index contributed by atoms with van der Waals surface area (Å²) in [7, 11) is 0. The minimum Gasteiger partial charge on any atom is -0.239 e. The predicted molar refractivity (Wildman–Crippen MR) is 64.3 cm³/mol. The Morgan fingerprint density at radius 1 is 1.27 bits per heavy atom. The molecular formula is C12H19ClN2. The average Bonchev–Trinajstić information content (AvgIpc) is 1.98. The lowest BCUT2D eigenvalue weighted by Crippen LogP contribution is -2.09. The van der Waals surface area contributed by atoms with Gasteiger partial charge >= 0.3 is 0 Å². The summed E-state index contributed by atoms with van der Waals surface area (Å²) in [5, 5.41) is 0.179. The third kappa shape index (κ3) is 4.61. The van der Waals surface area contributed by atoms with Crippen molar-refractivity contribution in [1.29, 1.82) is 0 Å². The fourth-order valence-electron chi connectivity index (χ4n) is 1.72. The van der Waals surface area contributed by atoms with Gasteiger partial charge in [-0.3, -0.25) is 0 Å². The molecule has 1 atom stereocenters. The summed E-state index contributed by atoms with van der Waals surface area (Å²) < 4.78 is 0. The monoisotopic (exact) mass is 226 g/mol. The van der Waals surface area contributed by atoms with E-state index in [9.17, 15) is 0 Å². The second-order valence-corrected chi connectivity index (χ2v) is 5.10. The van der Waals surface area contributed by atoms with Crippen molar-refractivity contribution in [3.63, 3.8) is 0 Å². The van der Waals surface area contributed by atoms with E-state index in [1.165, 1.54) is 0 Å². The average molecular weight is 227 g/mol. The molecule has 0 aromatic carbocycles. The Kier molecular flexibility index (Phi) is 4.52. The fraction of sp³-hybridized carbons (Fsp3) is 0.667. The van der Waals surface area contributed by atoms with Gasteiger partial charge in [-0.1, -0.05) is 13.8 Å². The lowest BCUT2D eigenvalue weighted by Gasteiger charge is -2.11. The van der Waals surface area contributed by atoms with Crippen molar-refractivity contribution in [2.75, 3.05) is 0 Å². The number of aryl methyl sites for hydroxylation is 2. The van der Waals surface area contributed by atoms with Gasteiger partial charge < -0.3 is 0 Å².